The molecule has 0 aliphatic heterocycles. The van der Waals surface area contributed by atoms with Gasteiger partial charge in [0.05, 0.1) is 11.5 Å². The van der Waals surface area contributed by atoms with Gasteiger partial charge in [-0.1, -0.05) is 37.1 Å². The molecule has 0 atom stereocenters. The van der Waals surface area contributed by atoms with Crippen molar-refractivity contribution >= 4 is 10.9 Å². The summed E-state index contributed by atoms with van der Waals surface area (Å²) in [6, 6.07) is 11.0. The van der Waals surface area contributed by atoms with E-state index in [-0.39, 0.29) is 5.41 Å². The molecule has 0 unspecified atom stereocenters. The number of benzene rings is 1. The van der Waals surface area contributed by atoms with Crippen molar-refractivity contribution in [3.63, 3.8) is 0 Å². The predicted octanol–water partition coefficient (Wildman–Crippen LogP) is 4.16. The smallest absolute Gasteiger partial charge is 0.0843 e. The van der Waals surface area contributed by atoms with Crippen LogP contribution in [0.15, 0.2) is 43.1 Å². The number of rotatable bonds is 3. The van der Waals surface area contributed by atoms with Crippen LogP contribution in [-0.4, -0.2) is 4.57 Å². The summed E-state index contributed by atoms with van der Waals surface area (Å²) in [6.45, 7) is 4.61. The number of aromatic nitrogens is 1. The lowest BCUT2D eigenvalue weighted by atomic mass is 9.80. The highest BCUT2D eigenvalue weighted by molar-refractivity contribution is 5.85. The zero-order valence-electron chi connectivity index (χ0n) is 11.1. The Morgan fingerprint density at radius 1 is 1.32 bits per heavy atom. The highest BCUT2D eigenvalue weighted by Gasteiger charge is 2.38. The van der Waals surface area contributed by atoms with Gasteiger partial charge in [-0.25, -0.2) is 0 Å². The maximum Gasteiger partial charge on any atom is 0.0843 e. The van der Waals surface area contributed by atoms with Crippen LogP contribution >= 0.6 is 0 Å². The third-order valence-electron chi connectivity index (χ3n) is 4.30. The molecule has 0 spiro atoms. The first kappa shape index (κ1) is 12.0. The molecule has 1 aromatic carbocycles. The molecule has 2 nitrogen and oxygen atoms in total. The molecule has 0 bridgehead atoms. The average Bonchev–Trinajstić information content (AvgIpc) is 3.05. The summed E-state index contributed by atoms with van der Waals surface area (Å²) in [6.07, 6.45) is 8.38. The van der Waals surface area contributed by atoms with Gasteiger partial charge in [0.1, 0.15) is 0 Å². The Morgan fingerprint density at radius 3 is 2.74 bits per heavy atom. The van der Waals surface area contributed by atoms with E-state index in [2.05, 4.69) is 47.7 Å². The average molecular weight is 250 g/mol. The molecule has 96 valence electrons. The Labute approximate surface area is 114 Å². The molecular weight excluding hydrogens is 232 g/mol. The molecule has 3 rings (SSSR count). The van der Waals surface area contributed by atoms with Crippen LogP contribution < -0.4 is 0 Å². The van der Waals surface area contributed by atoms with E-state index in [4.69, 9.17) is 0 Å². The van der Waals surface area contributed by atoms with Crippen LogP contribution in [0, 0.1) is 11.3 Å². The van der Waals surface area contributed by atoms with E-state index in [0.29, 0.717) is 0 Å². The first-order valence-electron chi connectivity index (χ1n) is 6.91. The van der Waals surface area contributed by atoms with E-state index in [0.717, 1.165) is 32.2 Å². The molecule has 1 saturated carbocycles. The summed E-state index contributed by atoms with van der Waals surface area (Å²) in [5.74, 6) is 0. The lowest BCUT2D eigenvalue weighted by Gasteiger charge is -2.19. The Balaban J connectivity index is 2.24. The zero-order chi connectivity index (χ0) is 13.3. The van der Waals surface area contributed by atoms with E-state index in [1.807, 2.05) is 6.08 Å². The Kier molecular flexibility index (Phi) is 2.91. The van der Waals surface area contributed by atoms with Crippen LogP contribution in [0.2, 0.25) is 0 Å². The highest BCUT2D eigenvalue weighted by Crippen LogP contribution is 2.43. The second-order valence-corrected chi connectivity index (χ2v) is 5.40. The van der Waals surface area contributed by atoms with Gasteiger partial charge in [-0.15, -0.1) is 6.58 Å². The molecule has 0 N–H and O–H groups in total. The van der Waals surface area contributed by atoms with E-state index < -0.39 is 0 Å². The molecule has 1 aromatic heterocycles. The predicted molar refractivity (Wildman–Crippen MR) is 77.9 cm³/mol. The van der Waals surface area contributed by atoms with Gasteiger partial charge < -0.3 is 4.57 Å². The molecule has 1 aliphatic rings. The van der Waals surface area contributed by atoms with E-state index in [1.54, 1.807) is 0 Å². The number of nitriles is 1. The minimum atomic E-state index is -0.272. The van der Waals surface area contributed by atoms with Gasteiger partial charge in [0, 0.05) is 23.6 Å². The van der Waals surface area contributed by atoms with Crippen molar-refractivity contribution < 1.29 is 0 Å². The van der Waals surface area contributed by atoms with Crippen molar-refractivity contribution in [1.82, 2.24) is 4.57 Å². The van der Waals surface area contributed by atoms with Gasteiger partial charge >= 0.3 is 0 Å². The van der Waals surface area contributed by atoms with Crippen molar-refractivity contribution in [3.05, 3.63) is 48.7 Å². The molecule has 1 fully saturated rings. The standard InChI is InChI=1S/C17H18N2/c1-2-11-19-12-15(14-7-3-4-8-16(14)19)17(13-18)9-5-6-10-17/h2-4,7-8,12H,1,5-6,9-11H2. The number of fused-ring (bicyclic) bond motifs is 1. The maximum atomic E-state index is 9.69. The quantitative estimate of drug-likeness (QED) is 0.752. The summed E-state index contributed by atoms with van der Waals surface area (Å²) >= 11 is 0. The summed E-state index contributed by atoms with van der Waals surface area (Å²) < 4.78 is 2.20. The molecule has 0 radical (unpaired) electrons. The summed E-state index contributed by atoms with van der Waals surface area (Å²) in [7, 11) is 0. The van der Waals surface area contributed by atoms with Crippen LogP contribution in [0.4, 0.5) is 0 Å². The molecule has 0 saturated heterocycles. The Bertz CT molecular complexity index is 651. The monoisotopic (exact) mass is 250 g/mol. The Morgan fingerprint density at radius 2 is 2.05 bits per heavy atom. The number of hydrogen-bond donors (Lipinski definition) is 0. The first-order chi connectivity index (χ1) is 9.30. The fourth-order valence-corrected chi connectivity index (χ4v) is 3.34. The highest BCUT2D eigenvalue weighted by atomic mass is 15.0. The third-order valence-corrected chi connectivity index (χ3v) is 4.30. The molecule has 19 heavy (non-hydrogen) atoms. The van der Waals surface area contributed by atoms with E-state index in [1.165, 1.54) is 16.5 Å². The van der Waals surface area contributed by atoms with Crippen molar-refractivity contribution in [2.45, 2.75) is 37.6 Å². The van der Waals surface area contributed by atoms with Crippen LogP contribution in [0.5, 0.6) is 0 Å². The minimum Gasteiger partial charge on any atom is -0.343 e. The van der Waals surface area contributed by atoms with Crippen LogP contribution in [0.1, 0.15) is 31.2 Å². The van der Waals surface area contributed by atoms with Crippen LogP contribution in [0.25, 0.3) is 10.9 Å². The maximum absolute atomic E-state index is 9.69. The van der Waals surface area contributed by atoms with Gasteiger partial charge in [-0.2, -0.15) is 5.26 Å². The number of nitrogens with zero attached hydrogens (tertiary/aromatic N) is 2. The second-order valence-electron chi connectivity index (χ2n) is 5.40. The molecule has 0 amide bonds. The lowest BCUT2D eigenvalue weighted by molar-refractivity contribution is 0.575. The van der Waals surface area contributed by atoms with Gasteiger partial charge in [-0.05, 0) is 24.5 Å². The zero-order valence-corrected chi connectivity index (χ0v) is 11.1. The van der Waals surface area contributed by atoms with Gasteiger partial charge in [-0.3, -0.25) is 0 Å². The fourth-order valence-electron chi connectivity index (χ4n) is 3.34. The SMILES string of the molecule is C=CCn1cc(C2(C#N)CCCC2)c2ccccc21. The van der Waals surface area contributed by atoms with Gasteiger partial charge in [0.2, 0.25) is 0 Å². The summed E-state index contributed by atoms with van der Waals surface area (Å²) in [5, 5.41) is 10.9. The number of para-hydroxylation sites is 1. The first-order valence-corrected chi connectivity index (χ1v) is 6.91. The van der Waals surface area contributed by atoms with Gasteiger partial charge in [0.25, 0.3) is 0 Å². The van der Waals surface area contributed by atoms with Crippen molar-refractivity contribution in [2.24, 2.45) is 0 Å². The minimum absolute atomic E-state index is 0.272. The summed E-state index contributed by atoms with van der Waals surface area (Å²) in [5.41, 5.74) is 2.15. The topological polar surface area (TPSA) is 28.7 Å². The summed E-state index contributed by atoms with van der Waals surface area (Å²) in [4.78, 5) is 0. The molecule has 1 aliphatic carbocycles. The number of allylic oxidation sites excluding steroid dienone is 1. The largest absolute Gasteiger partial charge is 0.343 e. The van der Waals surface area contributed by atoms with Crippen molar-refractivity contribution in [3.8, 4) is 6.07 Å². The fraction of sp³-hybridized carbons (Fsp3) is 0.353. The van der Waals surface area contributed by atoms with Crippen LogP contribution in [-0.2, 0) is 12.0 Å². The van der Waals surface area contributed by atoms with Crippen molar-refractivity contribution in [1.29, 1.82) is 5.26 Å². The third kappa shape index (κ3) is 1.77. The molecule has 2 heteroatoms. The molecule has 1 heterocycles. The van der Waals surface area contributed by atoms with Crippen LogP contribution in [0.3, 0.4) is 0 Å². The Hall–Kier alpha value is -2.01. The molecule has 2 aromatic rings. The number of hydrogen-bond acceptors (Lipinski definition) is 1. The van der Waals surface area contributed by atoms with Crippen molar-refractivity contribution in [2.75, 3.05) is 0 Å². The second kappa shape index (κ2) is 4.59. The van der Waals surface area contributed by atoms with E-state index in [9.17, 15) is 5.26 Å². The van der Waals surface area contributed by atoms with E-state index >= 15 is 0 Å². The lowest BCUT2D eigenvalue weighted by Crippen LogP contribution is -2.18. The molecular formula is C17H18N2. The normalized spacial score (nSPS) is 17.4. The van der Waals surface area contributed by atoms with Gasteiger partial charge in [0.15, 0.2) is 0 Å².